The third kappa shape index (κ3) is 2.73. The van der Waals surface area contributed by atoms with Gasteiger partial charge in [0.25, 0.3) is 0 Å². The quantitative estimate of drug-likeness (QED) is 0.858. The number of likely N-dealkylation sites (N-methyl/N-ethyl adjacent to an activating group) is 1. The van der Waals surface area contributed by atoms with Crippen molar-refractivity contribution in [1.29, 1.82) is 0 Å². The lowest BCUT2D eigenvalue weighted by Gasteiger charge is -2.39. The van der Waals surface area contributed by atoms with Crippen molar-refractivity contribution in [2.45, 2.75) is 58.0 Å². The molecule has 5 nitrogen and oxygen atoms in total. The van der Waals surface area contributed by atoms with Crippen LogP contribution in [0.3, 0.4) is 0 Å². The number of carbonyl (C=O) groups excluding carboxylic acids is 1. The molecule has 0 aliphatic heterocycles. The average molecular weight is 279 g/mol. The minimum atomic E-state index is -0.557. The van der Waals surface area contributed by atoms with Gasteiger partial charge in [-0.25, -0.2) is 0 Å². The minimum absolute atomic E-state index is 0.148. The zero-order chi connectivity index (χ0) is 14.8. The largest absolute Gasteiger partial charge is 0.468 e. The molecule has 0 spiro atoms. The Morgan fingerprint density at radius 1 is 1.60 bits per heavy atom. The first-order chi connectivity index (χ1) is 9.52. The Bertz CT molecular complexity index is 479. The van der Waals surface area contributed by atoms with Crippen LogP contribution in [0.5, 0.6) is 0 Å². The van der Waals surface area contributed by atoms with Gasteiger partial charge in [0.2, 0.25) is 0 Å². The summed E-state index contributed by atoms with van der Waals surface area (Å²) in [4.78, 5) is 12.2. The fourth-order valence-electron chi connectivity index (χ4n) is 3.42. The Kier molecular flexibility index (Phi) is 4.48. The highest BCUT2D eigenvalue weighted by molar-refractivity contribution is 5.81. The first kappa shape index (κ1) is 15.0. The number of carbonyl (C=O) groups is 1. The van der Waals surface area contributed by atoms with Crippen molar-refractivity contribution in [1.82, 2.24) is 15.1 Å². The maximum Gasteiger partial charge on any atom is 0.326 e. The predicted octanol–water partition coefficient (Wildman–Crippen LogP) is 2.14. The van der Waals surface area contributed by atoms with Crippen molar-refractivity contribution < 1.29 is 9.53 Å². The lowest BCUT2D eigenvalue weighted by Crippen LogP contribution is -2.55. The molecule has 1 fully saturated rings. The Balaban J connectivity index is 2.25. The third-order valence-corrected chi connectivity index (χ3v) is 4.21. The van der Waals surface area contributed by atoms with Gasteiger partial charge in [-0.2, -0.15) is 5.10 Å². The zero-order valence-electron chi connectivity index (χ0n) is 12.9. The number of hydrogen-bond acceptors (Lipinski definition) is 4. The molecule has 5 heteroatoms. The van der Waals surface area contributed by atoms with E-state index in [-0.39, 0.29) is 12.0 Å². The summed E-state index contributed by atoms with van der Waals surface area (Å²) in [5, 5.41) is 7.94. The fraction of sp³-hybridized carbons (Fsp3) is 0.733. The molecular weight excluding hydrogens is 254 g/mol. The molecular formula is C15H25N3O2. The number of aryl methyl sites for hydroxylation is 2. The summed E-state index contributed by atoms with van der Waals surface area (Å²) in [5.74, 6) is -0.148. The van der Waals surface area contributed by atoms with Crippen molar-refractivity contribution in [2.75, 3.05) is 13.7 Å². The van der Waals surface area contributed by atoms with Crippen LogP contribution in [0.15, 0.2) is 6.07 Å². The molecule has 0 radical (unpaired) electrons. The van der Waals surface area contributed by atoms with E-state index in [1.807, 2.05) is 13.8 Å². The molecule has 2 rings (SSSR count). The van der Waals surface area contributed by atoms with Gasteiger partial charge in [-0.3, -0.25) is 9.48 Å². The summed E-state index contributed by atoms with van der Waals surface area (Å²) in [6.07, 6.45) is 3.65. The van der Waals surface area contributed by atoms with Gasteiger partial charge in [0, 0.05) is 5.69 Å². The number of rotatable bonds is 4. The summed E-state index contributed by atoms with van der Waals surface area (Å²) in [5.41, 5.74) is 1.63. The van der Waals surface area contributed by atoms with Crippen LogP contribution < -0.4 is 5.32 Å². The first-order valence-electron chi connectivity index (χ1n) is 7.38. The highest BCUT2D eigenvalue weighted by atomic mass is 16.5. The summed E-state index contributed by atoms with van der Waals surface area (Å²) in [6.45, 7) is 6.86. The van der Waals surface area contributed by atoms with Crippen molar-refractivity contribution in [3.05, 3.63) is 17.5 Å². The highest BCUT2D eigenvalue weighted by Crippen LogP contribution is 2.36. The highest BCUT2D eigenvalue weighted by Gasteiger charge is 2.44. The molecule has 1 aromatic heterocycles. The van der Waals surface area contributed by atoms with E-state index < -0.39 is 5.54 Å². The Morgan fingerprint density at radius 3 is 2.90 bits per heavy atom. The van der Waals surface area contributed by atoms with Crippen molar-refractivity contribution in [3.8, 4) is 0 Å². The molecule has 0 saturated heterocycles. The van der Waals surface area contributed by atoms with Gasteiger partial charge in [0.1, 0.15) is 5.54 Å². The average Bonchev–Trinajstić information content (AvgIpc) is 2.77. The number of nitrogens with zero attached hydrogens (tertiary/aromatic N) is 2. The molecule has 1 N–H and O–H groups in total. The van der Waals surface area contributed by atoms with Crippen LogP contribution >= 0.6 is 0 Å². The summed E-state index contributed by atoms with van der Waals surface area (Å²) < 4.78 is 7.11. The molecule has 0 aromatic carbocycles. The van der Waals surface area contributed by atoms with Gasteiger partial charge in [0.15, 0.2) is 0 Å². The molecule has 0 amide bonds. The van der Waals surface area contributed by atoms with Crippen LogP contribution in [0.1, 0.15) is 50.0 Å². The molecule has 20 heavy (non-hydrogen) atoms. The molecule has 1 aromatic rings. The number of esters is 1. The minimum Gasteiger partial charge on any atom is -0.468 e. The molecule has 0 bridgehead atoms. The fourth-order valence-corrected chi connectivity index (χ4v) is 3.42. The second kappa shape index (κ2) is 5.95. The Hall–Kier alpha value is -1.36. The van der Waals surface area contributed by atoms with Crippen molar-refractivity contribution >= 4 is 5.97 Å². The van der Waals surface area contributed by atoms with E-state index >= 15 is 0 Å². The lowest BCUT2D eigenvalue weighted by molar-refractivity contribution is -0.150. The van der Waals surface area contributed by atoms with Crippen molar-refractivity contribution in [2.24, 2.45) is 0 Å². The Morgan fingerprint density at radius 2 is 2.35 bits per heavy atom. The molecule has 2 atom stereocenters. The van der Waals surface area contributed by atoms with Crippen LogP contribution in [0.25, 0.3) is 0 Å². The maximum absolute atomic E-state index is 12.2. The SMILES string of the molecule is CCNC1(C(=O)OC)CCCC(n2nc(C)cc2C)C1. The Labute approximate surface area is 120 Å². The number of ether oxygens (including phenoxy) is 1. The van der Waals surface area contributed by atoms with Crippen LogP contribution in [0.2, 0.25) is 0 Å². The second-order valence-corrected chi connectivity index (χ2v) is 5.73. The van der Waals surface area contributed by atoms with Crippen LogP contribution in [-0.2, 0) is 9.53 Å². The number of nitrogens with one attached hydrogen (secondary N) is 1. The lowest BCUT2D eigenvalue weighted by atomic mass is 9.78. The van der Waals surface area contributed by atoms with Gasteiger partial charge >= 0.3 is 5.97 Å². The van der Waals surface area contributed by atoms with E-state index in [1.165, 1.54) is 7.11 Å². The normalized spacial score (nSPS) is 26.5. The summed E-state index contributed by atoms with van der Waals surface area (Å²) in [7, 11) is 1.47. The van der Waals surface area contributed by atoms with Gasteiger partial charge in [-0.15, -0.1) is 0 Å². The van der Waals surface area contributed by atoms with E-state index in [9.17, 15) is 4.79 Å². The van der Waals surface area contributed by atoms with E-state index in [4.69, 9.17) is 4.74 Å². The molecule has 1 heterocycles. The summed E-state index contributed by atoms with van der Waals surface area (Å²) >= 11 is 0. The molecule has 1 aliphatic carbocycles. The second-order valence-electron chi connectivity index (χ2n) is 5.73. The summed E-state index contributed by atoms with van der Waals surface area (Å²) in [6, 6.07) is 2.34. The van der Waals surface area contributed by atoms with Crippen LogP contribution in [-0.4, -0.2) is 34.9 Å². The third-order valence-electron chi connectivity index (χ3n) is 4.21. The van der Waals surface area contributed by atoms with Gasteiger partial charge in [0.05, 0.1) is 18.8 Å². The number of aromatic nitrogens is 2. The van der Waals surface area contributed by atoms with E-state index in [0.29, 0.717) is 0 Å². The molecule has 1 aliphatic rings. The molecule has 112 valence electrons. The number of hydrogen-bond donors (Lipinski definition) is 1. The van der Waals surface area contributed by atoms with Crippen molar-refractivity contribution in [3.63, 3.8) is 0 Å². The maximum atomic E-state index is 12.2. The number of methoxy groups -OCH3 is 1. The van der Waals surface area contributed by atoms with Gasteiger partial charge < -0.3 is 10.1 Å². The topological polar surface area (TPSA) is 56.1 Å². The predicted molar refractivity (Wildman–Crippen MR) is 77.6 cm³/mol. The monoisotopic (exact) mass is 279 g/mol. The van der Waals surface area contributed by atoms with E-state index in [0.717, 1.165) is 43.6 Å². The molecule has 2 unspecified atom stereocenters. The standard InChI is InChI=1S/C15H25N3O2/c1-5-16-15(14(19)20-4)8-6-7-13(10-15)18-12(3)9-11(2)17-18/h9,13,16H,5-8,10H2,1-4H3. The van der Waals surface area contributed by atoms with E-state index in [2.05, 4.69) is 28.1 Å². The smallest absolute Gasteiger partial charge is 0.326 e. The van der Waals surface area contributed by atoms with Gasteiger partial charge in [-0.1, -0.05) is 6.92 Å². The van der Waals surface area contributed by atoms with Crippen LogP contribution in [0.4, 0.5) is 0 Å². The van der Waals surface area contributed by atoms with E-state index in [1.54, 1.807) is 0 Å². The van der Waals surface area contributed by atoms with Gasteiger partial charge in [-0.05, 0) is 52.1 Å². The first-order valence-corrected chi connectivity index (χ1v) is 7.38. The molecule has 1 saturated carbocycles. The zero-order valence-corrected chi connectivity index (χ0v) is 12.9. The van der Waals surface area contributed by atoms with Crippen LogP contribution in [0, 0.1) is 13.8 Å².